The van der Waals surface area contributed by atoms with E-state index in [1.807, 2.05) is 0 Å². The zero-order valence-corrected chi connectivity index (χ0v) is 17.6. The molecule has 5 rings (SSSR count). The number of nitrogens with one attached hydrogen (secondary N) is 1. The normalized spacial score (nSPS) is 27.3. The molecule has 0 bridgehead atoms. The second-order valence-electron chi connectivity index (χ2n) is 9.55. The van der Waals surface area contributed by atoms with E-state index in [0.29, 0.717) is 0 Å². The number of allylic oxidation sites excluding steroid dienone is 6. The van der Waals surface area contributed by atoms with Crippen LogP contribution in [0.25, 0.3) is 11.1 Å². The first-order chi connectivity index (χ1) is 14.1. The molecule has 1 heteroatoms. The molecule has 3 aliphatic carbocycles. The van der Waals surface area contributed by atoms with Crippen molar-refractivity contribution in [3.63, 3.8) is 0 Å². The van der Waals surface area contributed by atoms with Crippen molar-refractivity contribution in [1.82, 2.24) is 0 Å². The number of fused-ring (bicyclic) bond motifs is 2. The Kier molecular flexibility index (Phi) is 4.70. The van der Waals surface area contributed by atoms with Crippen LogP contribution in [-0.2, 0) is 0 Å². The van der Waals surface area contributed by atoms with Gasteiger partial charge in [-0.2, -0.15) is 0 Å². The first-order valence-electron chi connectivity index (χ1n) is 11.1. The minimum Gasteiger partial charge on any atom is -0.359 e. The highest BCUT2D eigenvalue weighted by atomic mass is 14.9. The molecule has 1 fully saturated rings. The predicted molar refractivity (Wildman–Crippen MR) is 124 cm³/mol. The largest absolute Gasteiger partial charge is 0.359 e. The van der Waals surface area contributed by atoms with Crippen LogP contribution >= 0.6 is 0 Å². The number of hydrogen-bond acceptors (Lipinski definition) is 1. The number of benzene rings is 2. The lowest BCUT2D eigenvalue weighted by molar-refractivity contribution is 0.0927. The van der Waals surface area contributed by atoms with E-state index < -0.39 is 0 Å². The van der Waals surface area contributed by atoms with Crippen LogP contribution in [0.5, 0.6) is 0 Å². The van der Waals surface area contributed by atoms with Gasteiger partial charge in [-0.3, -0.25) is 0 Å². The third-order valence-corrected chi connectivity index (χ3v) is 7.48. The van der Waals surface area contributed by atoms with Gasteiger partial charge in [0.2, 0.25) is 0 Å². The molecule has 3 aliphatic rings. The quantitative estimate of drug-likeness (QED) is 0.577. The van der Waals surface area contributed by atoms with Crippen LogP contribution in [0, 0.1) is 23.2 Å². The molecule has 0 heterocycles. The molecule has 1 saturated carbocycles. The molecule has 2 aromatic rings. The van der Waals surface area contributed by atoms with Gasteiger partial charge in [-0.1, -0.05) is 86.2 Å². The third-order valence-electron chi connectivity index (χ3n) is 7.48. The molecule has 148 valence electrons. The predicted octanol–water partition coefficient (Wildman–Crippen LogP) is 7.61. The van der Waals surface area contributed by atoms with Crippen LogP contribution in [-0.4, -0.2) is 0 Å². The maximum atomic E-state index is 3.76. The van der Waals surface area contributed by atoms with Gasteiger partial charge in [-0.05, 0) is 72.1 Å². The molecule has 3 unspecified atom stereocenters. The summed E-state index contributed by atoms with van der Waals surface area (Å²) in [4.78, 5) is 0. The van der Waals surface area contributed by atoms with E-state index in [0.717, 1.165) is 24.2 Å². The van der Waals surface area contributed by atoms with Crippen molar-refractivity contribution < 1.29 is 0 Å². The zero-order valence-electron chi connectivity index (χ0n) is 17.6. The summed E-state index contributed by atoms with van der Waals surface area (Å²) >= 11 is 0. The minimum atomic E-state index is 0.283. The lowest BCUT2D eigenvalue weighted by Gasteiger charge is -2.52. The lowest BCUT2D eigenvalue weighted by atomic mass is 9.53. The molecule has 0 spiro atoms. The van der Waals surface area contributed by atoms with E-state index in [-0.39, 0.29) is 5.41 Å². The average Bonchev–Trinajstić information content (AvgIpc) is 2.75. The summed E-state index contributed by atoms with van der Waals surface area (Å²) in [5.41, 5.74) is 7.10. The zero-order chi connectivity index (χ0) is 19.8. The average molecular weight is 382 g/mol. The molecular formula is C28H31N. The molecule has 3 atom stereocenters. The van der Waals surface area contributed by atoms with E-state index >= 15 is 0 Å². The molecule has 0 radical (unpaired) electrons. The first-order valence-corrected chi connectivity index (χ1v) is 11.1. The van der Waals surface area contributed by atoms with Gasteiger partial charge in [0.25, 0.3) is 0 Å². The summed E-state index contributed by atoms with van der Waals surface area (Å²) in [6.07, 6.45) is 14.5. The fourth-order valence-corrected chi connectivity index (χ4v) is 5.97. The summed E-state index contributed by atoms with van der Waals surface area (Å²) in [7, 11) is 0. The van der Waals surface area contributed by atoms with Gasteiger partial charge >= 0.3 is 0 Å². The van der Waals surface area contributed by atoms with Crippen molar-refractivity contribution in [1.29, 1.82) is 0 Å². The molecule has 0 aliphatic heterocycles. The lowest BCUT2D eigenvalue weighted by Crippen LogP contribution is -2.43. The third kappa shape index (κ3) is 3.48. The Morgan fingerprint density at radius 1 is 0.931 bits per heavy atom. The molecule has 1 nitrogen and oxygen atoms in total. The van der Waals surface area contributed by atoms with E-state index in [2.05, 4.69) is 98.1 Å². The smallest absolute Gasteiger partial charge is 0.0387 e. The highest BCUT2D eigenvalue weighted by Crippen LogP contribution is 2.56. The summed E-state index contributed by atoms with van der Waals surface area (Å²) in [5.74, 6) is 2.31. The fraction of sp³-hybridized carbons (Fsp3) is 0.357. The number of hydrogen-bond donors (Lipinski definition) is 1. The van der Waals surface area contributed by atoms with E-state index in [9.17, 15) is 0 Å². The van der Waals surface area contributed by atoms with E-state index in [4.69, 9.17) is 0 Å². The van der Waals surface area contributed by atoms with Crippen LogP contribution in [0.1, 0.15) is 39.5 Å². The van der Waals surface area contributed by atoms with Crippen LogP contribution in [0.2, 0.25) is 0 Å². The van der Waals surface area contributed by atoms with Crippen molar-refractivity contribution >= 4 is 5.69 Å². The molecule has 29 heavy (non-hydrogen) atoms. The molecule has 0 saturated heterocycles. The second-order valence-corrected chi connectivity index (χ2v) is 9.55. The van der Waals surface area contributed by atoms with E-state index in [1.54, 1.807) is 5.57 Å². The van der Waals surface area contributed by atoms with Crippen molar-refractivity contribution in [2.24, 2.45) is 23.2 Å². The summed E-state index contributed by atoms with van der Waals surface area (Å²) < 4.78 is 0. The molecule has 0 amide bonds. The fourth-order valence-electron chi connectivity index (χ4n) is 5.97. The summed E-state index contributed by atoms with van der Waals surface area (Å²) in [6, 6.07) is 19.5. The first kappa shape index (κ1) is 18.5. The minimum absolute atomic E-state index is 0.283. The Labute approximate surface area is 175 Å². The van der Waals surface area contributed by atoms with Gasteiger partial charge < -0.3 is 5.32 Å². The Hall–Kier alpha value is -2.54. The van der Waals surface area contributed by atoms with Gasteiger partial charge in [0.05, 0.1) is 0 Å². The number of rotatable bonds is 3. The van der Waals surface area contributed by atoms with E-state index in [1.165, 1.54) is 41.8 Å². The van der Waals surface area contributed by atoms with Crippen LogP contribution in [0.15, 0.2) is 90.2 Å². The van der Waals surface area contributed by atoms with Crippen LogP contribution in [0.4, 0.5) is 5.69 Å². The maximum absolute atomic E-state index is 3.76. The standard InChI is InChI=1S/C28H31N/c1-28(2)26-14-7-6-11-22(26)17-23-15-16-25(19-27(23)28)29-24-13-8-12-21(18-24)20-9-4-3-5-10-20/h3-10,12-14,16,18,22-23,27,29H,11,15,17,19H2,1-2H3. The Morgan fingerprint density at radius 3 is 2.62 bits per heavy atom. The topological polar surface area (TPSA) is 12.0 Å². The van der Waals surface area contributed by atoms with Gasteiger partial charge in [-0.15, -0.1) is 0 Å². The van der Waals surface area contributed by atoms with Crippen molar-refractivity contribution in [3.8, 4) is 11.1 Å². The second kappa shape index (κ2) is 7.37. The van der Waals surface area contributed by atoms with Crippen LogP contribution in [0.3, 0.4) is 0 Å². The Bertz CT molecular complexity index is 976. The SMILES string of the molecule is CC1(C)C2=CC=CCC2CC2CC=C(Nc3cccc(-c4ccccc4)c3)CC21. The van der Waals surface area contributed by atoms with Gasteiger partial charge in [-0.25, -0.2) is 0 Å². The number of anilines is 1. The van der Waals surface area contributed by atoms with Crippen molar-refractivity contribution in [2.45, 2.75) is 39.5 Å². The van der Waals surface area contributed by atoms with Crippen molar-refractivity contribution in [2.75, 3.05) is 5.32 Å². The maximum Gasteiger partial charge on any atom is 0.0387 e. The molecular weight excluding hydrogens is 350 g/mol. The Morgan fingerprint density at radius 2 is 1.76 bits per heavy atom. The molecule has 1 N–H and O–H groups in total. The van der Waals surface area contributed by atoms with Gasteiger partial charge in [0, 0.05) is 11.4 Å². The highest BCUT2D eigenvalue weighted by Gasteiger charge is 2.46. The summed E-state index contributed by atoms with van der Waals surface area (Å²) in [6.45, 7) is 4.97. The van der Waals surface area contributed by atoms with Crippen LogP contribution < -0.4 is 5.32 Å². The monoisotopic (exact) mass is 381 g/mol. The highest BCUT2D eigenvalue weighted by molar-refractivity contribution is 5.68. The molecule has 0 aromatic heterocycles. The van der Waals surface area contributed by atoms with Crippen molar-refractivity contribution in [3.05, 3.63) is 90.2 Å². The molecule has 2 aromatic carbocycles. The van der Waals surface area contributed by atoms with Gasteiger partial charge in [0.1, 0.15) is 0 Å². The summed E-state index contributed by atoms with van der Waals surface area (Å²) in [5, 5.41) is 3.76. The Balaban J connectivity index is 1.37. The van der Waals surface area contributed by atoms with Gasteiger partial charge in [0.15, 0.2) is 0 Å².